The highest BCUT2D eigenvalue weighted by molar-refractivity contribution is 5.85. The molecule has 0 radical (unpaired) electrons. The lowest BCUT2D eigenvalue weighted by atomic mass is 10.2. The summed E-state index contributed by atoms with van der Waals surface area (Å²) < 4.78 is 0. The Hall–Kier alpha value is -1.61. The first-order chi connectivity index (χ1) is 6.68. The summed E-state index contributed by atoms with van der Waals surface area (Å²) in [5, 5.41) is 8.46. The number of allylic oxidation sites excluding steroid dienone is 2. The summed E-state index contributed by atoms with van der Waals surface area (Å²) in [6.45, 7) is 1.74. The van der Waals surface area contributed by atoms with Gasteiger partial charge in [-0.05, 0) is 24.1 Å². The highest BCUT2D eigenvalue weighted by Crippen LogP contribution is 2.02. The number of hydrogen-bond donors (Lipinski definition) is 1. The predicted molar refractivity (Wildman–Crippen MR) is 61.9 cm³/mol. The molecule has 15 heavy (non-hydrogen) atoms. The summed E-state index contributed by atoms with van der Waals surface area (Å²) in [5.74, 6) is -0.932. The molecule has 0 saturated carbocycles. The topological polar surface area (TPSA) is 50.2 Å². The van der Waals surface area contributed by atoms with Gasteiger partial charge in [0, 0.05) is 18.5 Å². The molecule has 0 atom stereocenters. The molecule has 1 rings (SSSR count). The second-order valence-electron chi connectivity index (χ2n) is 2.85. The van der Waals surface area contributed by atoms with E-state index in [1.807, 2.05) is 18.2 Å². The standard InChI is InChI=1S/C11H11NO2.ClH/c1-9(7-11(13)14)4-5-10-3-2-6-12-8-10;/h2-8H,1H3,(H,13,14);1H/b5-4+,9-7+;. The summed E-state index contributed by atoms with van der Waals surface area (Å²) >= 11 is 0. The van der Waals surface area contributed by atoms with E-state index in [9.17, 15) is 4.79 Å². The maximum atomic E-state index is 10.3. The lowest BCUT2D eigenvalue weighted by Gasteiger charge is -1.91. The van der Waals surface area contributed by atoms with Gasteiger partial charge >= 0.3 is 5.97 Å². The van der Waals surface area contributed by atoms with Crippen LogP contribution in [0.2, 0.25) is 0 Å². The average molecular weight is 226 g/mol. The van der Waals surface area contributed by atoms with Crippen LogP contribution in [-0.4, -0.2) is 16.1 Å². The van der Waals surface area contributed by atoms with Crippen molar-refractivity contribution >= 4 is 24.5 Å². The number of carboxylic acids is 1. The molecule has 1 aromatic rings. The molecule has 4 heteroatoms. The Morgan fingerprint density at radius 3 is 2.80 bits per heavy atom. The molecule has 0 bridgehead atoms. The molecule has 1 heterocycles. The predicted octanol–water partition coefficient (Wildman–Crippen LogP) is 2.55. The first kappa shape index (κ1) is 13.4. The Morgan fingerprint density at radius 2 is 2.27 bits per heavy atom. The van der Waals surface area contributed by atoms with Gasteiger partial charge in [-0.15, -0.1) is 12.4 Å². The molecule has 0 amide bonds. The Kier molecular flexibility index (Phi) is 6.06. The van der Waals surface area contributed by atoms with Crippen LogP contribution in [0.4, 0.5) is 0 Å². The van der Waals surface area contributed by atoms with Crippen molar-refractivity contribution in [1.29, 1.82) is 0 Å². The highest BCUT2D eigenvalue weighted by atomic mass is 35.5. The minimum Gasteiger partial charge on any atom is -0.478 e. The van der Waals surface area contributed by atoms with Crippen molar-refractivity contribution in [2.24, 2.45) is 0 Å². The summed E-state index contributed by atoms with van der Waals surface area (Å²) in [5.41, 5.74) is 1.65. The van der Waals surface area contributed by atoms with E-state index >= 15 is 0 Å². The van der Waals surface area contributed by atoms with E-state index in [4.69, 9.17) is 5.11 Å². The maximum absolute atomic E-state index is 10.3. The molecule has 0 aliphatic rings. The Bertz CT molecular complexity index is 371. The normalized spacial score (nSPS) is 11.1. The van der Waals surface area contributed by atoms with E-state index in [0.29, 0.717) is 5.57 Å². The first-order valence-corrected chi connectivity index (χ1v) is 4.18. The van der Waals surface area contributed by atoms with E-state index in [2.05, 4.69) is 4.98 Å². The second-order valence-corrected chi connectivity index (χ2v) is 2.85. The van der Waals surface area contributed by atoms with Gasteiger partial charge in [-0.1, -0.05) is 18.2 Å². The SMILES string of the molecule is CC(/C=C/c1cccnc1)=C\C(=O)O.Cl. The smallest absolute Gasteiger partial charge is 0.328 e. The van der Waals surface area contributed by atoms with Crippen molar-refractivity contribution in [3.63, 3.8) is 0 Å². The molecule has 0 unspecified atom stereocenters. The molecular formula is C11H12ClNO2. The Labute approximate surface area is 94.6 Å². The van der Waals surface area contributed by atoms with E-state index in [-0.39, 0.29) is 12.4 Å². The molecule has 0 fully saturated rings. The number of carboxylic acid groups (broad SMARTS) is 1. The van der Waals surface area contributed by atoms with Crippen molar-refractivity contribution in [3.8, 4) is 0 Å². The van der Waals surface area contributed by atoms with Crippen LogP contribution in [0.5, 0.6) is 0 Å². The Morgan fingerprint density at radius 1 is 1.53 bits per heavy atom. The van der Waals surface area contributed by atoms with Crippen molar-refractivity contribution in [1.82, 2.24) is 4.98 Å². The van der Waals surface area contributed by atoms with Crippen LogP contribution in [0.25, 0.3) is 6.08 Å². The largest absolute Gasteiger partial charge is 0.478 e. The minimum absolute atomic E-state index is 0. The van der Waals surface area contributed by atoms with E-state index in [1.54, 1.807) is 25.4 Å². The van der Waals surface area contributed by atoms with E-state index in [0.717, 1.165) is 11.6 Å². The van der Waals surface area contributed by atoms with E-state index in [1.165, 1.54) is 0 Å². The average Bonchev–Trinajstić information content (AvgIpc) is 2.15. The first-order valence-electron chi connectivity index (χ1n) is 4.18. The monoisotopic (exact) mass is 225 g/mol. The van der Waals surface area contributed by atoms with Gasteiger partial charge < -0.3 is 5.11 Å². The fourth-order valence-electron chi connectivity index (χ4n) is 0.945. The van der Waals surface area contributed by atoms with Gasteiger partial charge in [-0.2, -0.15) is 0 Å². The number of carbonyl (C=O) groups is 1. The fraction of sp³-hybridized carbons (Fsp3) is 0.0909. The van der Waals surface area contributed by atoms with Crippen LogP contribution in [0.1, 0.15) is 12.5 Å². The zero-order chi connectivity index (χ0) is 10.4. The number of hydrogen-bond acceptors (Lipinski definition) is 2. The molecule has 3 nitrogen and oxygen atoms in total. The van der Waals surface area contributed by atoms with Gasteiger partial charge in [0.2, 0.25) is 0 Å². The Balaban J connectivity index is 0.00000196. The summed E-state index contributed by atoms with van der Waals surface area (Å²) in [4.78, 5) is 14.2. The van der Waals surface area contributed by atoms with Crippen LogP contribution in [0.15, 0.2) is 42.3 Å². The van der Waals surface area contributed by atoms with Gasteiger partial charge in [-0.3, -0.25) is 4.98 Å². The van der Waals surface area contributed by atoms with Crippen molar-refractivity contribution in [3.05, 3.63) is 47.8 Å². The van der Waals surface area contributed by atoms with Gasteiger partial charge in [0.15, 0.2) is 0 Å². The fourth-order valence-corrected chi connectivity index (χ4v) is 0.945. The molecule has 0 spiro atoms. The van der Waals surface area contributed by atoms with Crippen LogP contribution in [0, 0.1) is 0 Å². The zero-order valence-electron chi connectivity index (χ0n) is 8.25. The van der Waals surface area contributed by atoms with Gasteiger partial charge in [-0.25, -0.2) is 4.79 Å². The molecule has 1 N–H and O–H groups in total. The number of halogens is 1. The summed E-state index contributed by atoms with van der Waals surface area (Å²) in [7, 11) is 0. The molecule has 80 valence electrons. The number of aliphatic carboxylic acids is 1. The molecule has 1 aromatic heterocycles. The second kappa shape index (κ2) is 6.79. The van der Waals surface area contributed by atoms with Crippen molar-refractivity contribution in [2.75, 3.05) is 0 Å². The third kappa shape index (κ3) is 5.65. The van der Waals surface area contributed by atoms with Gasteiger partial charge in [0.25, 0.3) is 0 Å². The molecule has 0 saturated heterocycles. The van der Waals surface area contributed by atoms with Crippen molar-refractivity contribution in [2.45, 2.75) is 6.92 Å². The highest BCUT2D eigenvalue weighted by Gasteiger charge is 1.89. The van der Waals surface area contributed by atoms with Gasteiger partial charge in [0.05, 0.1) is 0 Å². The van der Waals surface area contributed by atoms with Crippen LogP contribution < -0.4 is 0 Å². The number of nitrogens with zero attached hydrogens (tertiary/aromatic N) is 1. The summed E-state index contributed by atoms with van der Waals surface area (Å²) in [6, 6.07) is 3.73. The third-order valence-corrected chi connectivity index (χ3v) is 1.57. The maximum Gasteiger partial charge on any atom is 0.328 e. The molecule has 0 aliphatic carbocycles. The third-order valence-electron chi connectivity index (χ3n) is 1.57. The van der Waals surface area contributed by atoms with Crippen LogP contribution in [-0.2, 0) is 4.79 Å². The molecule has 0 aliphatic heterocycles. The van der Waals surface area contributed by atoms with Crippen molar-refractivity contribution < 1.29 is 9.90 Å². The number of aromatic nitrogens is 1. The van der Waals surface area contributed by atoms with E-state index < -0.39 is 5.97 Å². The van der Waals surface area contributed by atoms with Crippen LogP contribution in [0.3, 0.4) is 0 Å². The summed E-state index contributed by atoms with van der Waals surface area (Å²) in [6.07, 6.45) is 8.13. The molecular weight excluding hydrogens is 214 g/mol. The minimum atomic E-state index is -0.932. The number of pyridine rings is 1. The zero-order valence-corrected chi connectivity index (χ0v) is 9.07. The van der Waals surface area contributed by atoms with Gasteiger partial charge in [0.1, 0.15) is 0 Å². The lowest BCUT2D eigenvalue weighted by Crippen LogP contribution is -1.87. The quantitative estimate of drug-likeness (QED) is 0.635. The van der Waals surface area contributed by atoms with Crippen LogP contribution >= 0.6 is 12.4 Å². The lowest BCUT2D eigenvalue weighted by molar-refractivity contribution is -0.131. The molecule has 0 aromatic carbocycles. The number of rotatable bonds is 3.